The first kappa shape index (κ1) is 17.7. The number of rotatable bonds is 4. The van der Waals surface area contributed by atoms with Gasteiger partial charge >= 0.3 is 0 Å². The van der Waals surface area contributed by atoms with Crippen LogP contribution < -0.4 is 14.8 Å². The predicted molar refractivity (Wildman–Crippen MR) is 100 cm³/mol. The molecule has 1 aliphatic heterocycles. The van der Waals surface area contributed by atoms with Crippen LogP contribution in [0.25, 0.3) is 6.08 Å². The SMILES string of the molecule is CC(C)(C)C(=O)Nc1ccc(C(=O)C=Cc2ccc3c(c2)OCO3)cc1. The van der Waals surface area contributed by atoms with E-state index in [1.54, 1.807) is 30.3 Å². The van der Waals surface area contributed by atoms with Gasteiger partial charge in [-0.3, -0.25) is 9.59 Å². The molecular weight excluding hydrogens is 330 g/mol. The minimum atomic E-state index is -0.470. The Morgan fingerprint density at radius 2 is 1.69 bits per heavy atom. The van der Waals surface area contributed by atoms with Crippen molar-refractivity contribution in [3.05, 3.63) is 59.7 Å². The number of carbonyl (C=O) groups excluding carboxylic acids is 2. The lowest BCUT2D eigenvalue weighted by molar-refractivity contribution is -0.123. The summed E-state index contributed by atoms with van der Waals surface area (Å²) in [5.41, 5.74) is 1.61. The van der Waals surface area contributed by atoms with E-state index in [1.807, 2.05) is 39.0 Å². The summed E-state index contributed by atoms with van der Waals surface area (Å²) in [6, 6.07) is 12.4. The van der Waals surface area contributed by atoms with Gasteiger partial charge in [0.2, 0.25) is 12.7 Å². The second kappa shape index (κ2) is 7.04. The Morgan fingerprint density at radius 3 is 2.38 bits per heavy atom. The zero-order chi connectivity index (χ0) is 18.7. The van der Waals surface area contributed by atoms with E-state index < -0.39 is 5.41 Å². The fraction of sp³-hybridized carbons (Fsp3) is 0.238. The number of hydrogen-bond donors (Lipinski definition) is 1. The molecular formula is C21H21NO4. The van der Waals surface area contributed by atoms with Crippen molar-refractivity contribution in [2.45, 2.75) is 20.8 Å². The molecule has 134 valence electrons. The van der Waals surface area contributed by atoms with E-state index in [4.69, 9.17) is 9.47 Å². The van der Waals surface area contributed by atoms with Crippen LogP contribution >= 0.6 is 0 Å². The van der Waals surface area contributed by atoms with Crippen molar-refractivity contribution in [2.75, 3.05) is 12.1 Å². The molecule has 0 bridgehead atoms. The highest BCUT2D eigenvalue weighted by atomic mass is 16.7. The van der Waals surface area contributed by atoms with Crippen LogP contribution in [0.5, 0.6) is 11.5 Å². The topological polar surface area (TPSA) is 64.6 Å². The second-order valence-corrected chi connectivity index (χ2v) is 7.09. The Morgan fingerprint density at radius 1 is 1.00 bits per heavy atom. The number of fused-ring (bicyclic) bond motifs is 1. The molecule has 1 heterocycles. The Balaban J connectivity index is 1.65. The number of ether oxygens (including phenoxy) is 2. The number of ketones is 1. The summed E-state index contributed by atoms with van der Waals surface area (Å²) in [4.78, 5) is 24.3. The van der Waals surface area contributed by atoms with Gasteiger partial charge in [0.25, 0.3) is 0 Å². The summed E-state index contributed by atoms with van der Waals surface area (Å²) in [6.45, 7) is 5.77. The molecule has 0 spiro atoms. The van der Waals surface area contributed by atoms with Gasteiger partial charge in [0.1, 0.15) is 0 Å². The number of amides is 1. The summed E-state index contributed by atoms with van der Waals surface area (Å²) < 4.78 is 10.6. The zero-order valence-corrected chi connectivity index (χ0v) is 15.0. The predicted octanol–water partition coefficient (Wildman–Crippen LogP) is 4.30. The van der Waals surface area contributed by atoms with Crippen LogP contribution in [0.1, 0.15) is 36.7 Å². The highest BCUT2D eigenvalue weighted by molar-refractivity contribution is 6.07. The van der Waals surface area contributed by atoms with Gasteiger partial charge in [-0.2, -0.15) is 0 Å². The number of anilines is 1. The molecule has 0 atom stereocenters. The summed E-state index contributed by atoms with van der Waals surface area (Å²) in [7, 11) is 0. The van der Waals surface area contributed by atoms with Crippen molar-refractivity contribution in [1.29, 1.82) is 0 Å². The lowest BCUT2D eigenvalue weighted by atomic mass is 9.95. The maximum absolute atomic E-state index is 12.3. The lowest BCUT2D eigenvalue weighted by Gasteiger charge is -2.17. The third-order valence-corrected chi connectivity index (χ3v) is 3.93. The third-order valence-electron chi connectivity index (χ3n) is 3.93. The van der Waals surface area contributed by atoms with E-state index in [-0.39, 0.29) is 18.5 Å². The monoisotopic (exact) mass is 351 g/mol. The van der Waals surface area contributed by atoms with Crippen molar-refractivity contribution < 1.29 is 19.1 Å². The largest absolute Gasteiger partial charge is 0.454 e. The molecule has 0 saturated heterocycles. The van der Waals surface area contributed by atoms with Crippen molar-refractivity contribution in [1.82, 2.24) is 0 Å². The average Bonchev–Trinajstić information content (AvgIpc) is 3.07. The van der Waals surface area contributed by atoms with E-state index in [0.29, 0.717) is 22.7 Å². The van der Waals surface area contributed by atoms with Gasteiger partial charge in [-0.15, -0.1) is 0 Å². The Hall–Kier alpha value is -3.08. The van der Waals surface area contributed by atoms with Crippen LogP contribution in [-0.2, 0) is 4.79 Å². The summed E-state index contributed by atoms with van der Waals surface area (Å²) in [5, 5.41) is 2.84. The maximum Gasteiger partial charge on any atom is 0.231 e. The Kier molecular flexibility index (Phi) is 4.80. The van der Waals surface area contributed by atoms with E-state index in [1.165, 1.54) is 6.08 Å². The van der Waals surface area contributed by atoms with E-state index >= 15 is 0 Å². The van der Waals surface area contributed by atoms with Gasteiger partial charge in [-0.25, -0.2) is 0 Å². The first-order chi connectivity index (χ1) is 12.3. The molecule has 1 aliphatic rings. The molecule has 0 aromatic heterocycles. The quantitative estimate of drug-likeness (QED) is 0.659. The van der Waals surface area contributed by atoms with Crippen molar-refractivity contribution in [3.8, 4) is 11.5 Å². The molecule has 26 heavy (non-hydrogen) atoms. The third kappa shape index (κ3) is 4.11. The number of carbonyl (C=O) groups is 2. The second-order valence-electron chi connectivity index (χ2n) is 7.09. The van der Waals surface area contributed by atoms with Gasteiger partial charge < -0.3 is 14.8 Å². The molecule has 5 nitrogen and oxygen atoms in total. The number of benzene rings is 2. The first-order valence-corrected chi connectivity index (χ1v) is 8.36. The zero-order valence-electron chi connectivity index (χ0n) is 15.0. The van der Waals surface area contributed by atoms with Gasteiger partial charge in [-0.05, 0) is 48.0 Å². The van der Waals surface area contributed by atoms with E-state index in [9.17, 15) is 9.59 Å². The smallest absolute Gasteiger partial charge is 0.231 e. The van der Waals surface area contributed by atoms with Crippen LogP contribution in [0, 0.1) is 5.41 Å². The fourth-order valence-corrected chi connectivity index (χ4v) is 2.32. The summed E-state index contributed by atoms with van der Waals surface area (Å²) in [6.07, 6.45) is 3.25. The highest BCUT2D eigenvalue weighted by Crippen LogP contribution is 2.32. The van der Waals surface area contributed by atoms with Gasteiger partial charge in [0.15, 0.2) is 17.3 Å². The highest BCUT2D eigenvalue weighted by Gasteiger charge is 2.21. The molecule has 5 heteroatoms. The molecule has 0 radical (unpaired) electrons. The minimum absolute atomic E-state index is 0.0701. The normalized spacial score (nSPS) is 13.0. The summed E-state index contributed by atoms with van der Waals surface area (Å²) in [5.74, 6) is 1.20. The molecule has 2 aromatic carbocycles. The first-order valence-electron chi connectivity index (χ1n) is 8.36. The molecule has 1 amide bonds. The molecule has 0 aliphatic carbocycles. The number of allylic oxidation sites excluding steroid dienone is 1. The van der Waals surface area contributed by atoms with Crippen molar-refractivity contribution in [2.24, 2.45) is 5.41 Å². The average molecular weight is 351 g/mol. The van der Waals surface area contributed by atoms with Crippen molar-refractivity contribution >= 4 is 23.5 Å². The van der Waals surface area contributed by atoms with Crippen molar-refractivity contribution in [3.63, 3.8) is 0 Å². The van der Waals surface area contributed by atoms with Crippen LogP contribution in [0.4, 0.5) is 5.69 Å². The van der Waals surface area contributed by atoms with Gasteiger partial charge in [-0.1, -0.05) is 32.9 Å². The van der Waals surface area contributed by atoms with Gasteiger partial charge in [0, 0.05) is 16.7 Å². The summed E-state index contributed by atoms with van der Waals surface area (Å²) >= 11 is 0. The molecule has 2 aromatic rings. The molecule has 1 N–H and O–H groups in total. The fourth-order valence-electron chi connectivity index (χ4n) is 2.32. The number of hydrogen-bond acceptors (Lipinski definition) is 4. The standard InChI is InChI=1S/C21H21NO4/c1-21(2,3)20(24)22-16-8-6-15(7-9-16)17(23)10-4-14-5-11-18-19(12-14)26-13-25-18/h4-12H,13H2,1-3H3,(H,22,24). The van der Waals surface area contributed by atoms with Crippen LogP contribution in [0.2, 0.25) is 0 Å². The maximum atomic E-state index is 12.3. The van der Waals surface area contributed by atoms with Crippen LogP contribution in [-0.4, -0.2) is 18.5 Å². The van der Waals surface area contributed by atoms with E-state index in [0.717, 1.165) is 5.56 Å². The van der Waals surface area contributed by atoms with Gasteiger partial charge in [0.05, 0.1) is 0 Å². The molecule has 3 rings (SSSR count). The van der Waals surface area contributed by atoms with Crippen LogP contribution in [0.3, 0.4) is 0 Å². The number of nitrogens with one attached hydrogen (secondary N) is 1. The Bertz CT molecular complexity index is 861. The van der Waals surface area contributed by atoms with Crippen LogP contribution in [0.15, 0.2) is 48.5 Å². The Labute approximate surface area is 152 Å². The van der Waals surface area contributed by atoms with E-state index in [2.05, 4.69) is 5.32 Å². The minimum Gasteiger partial charge on any atom is -0.454 e. The molecule has 0 fully saturated rings. The molecule has 0 saturated carbocycles. The molecule has 0 unspecified atom stereocenters. The lowest BCUT2D eigenvalue weighted by Crippen LogP contribution is -2.27.